The number of benzene rings is 1. The number of carbonyl (C=O) groups excluding carboxylic acids is 1. The molecule has 0 aliphatic rings. The number of alkyl halides is 1. The molecular formula is C12H13FO3. The number of aromatic hydroxyl groups is 1. The summed E-state index contributed by atoms with van der Waals surface area (Å²) in [7, 11) is 0. The maximum Gasteiger partial charge on any atom is 0.189 e. The summed E-state index contributed by atoms with van der Waals surface area (Å²) in [6.07, 6.45) is 2.18. The summed E-state index contributed by atoms with van der Waals surface area (Å²) in [6, 6.07) is 4.37. The molecule has 1 aromatic rings. The Kier molecular flexibility index (Phi) is 4.51. The molecule has 0 heterocycles. The van der Waals surface area contributed by atoms with Crippen LogP contribution in [0.4, 0.5) is 4.39 Å². The SMILES string of the molecule is CCOc1ccc(O)c(C(=O)/C=C/CF)c1. The summed E-state index contributed by atoms with van der Waals surface area (Å²) >= 11 is 0. The Morgan fingerprint density at radius 1 is 1.56 bits per heavy atom. The van der Waals surface area contributed by atoms with Crippen molar-refractivity contribution in [3.63, 3.8) is 0 Å². The highest BCUT2D eigenvalue weighted by Crippen LogP contribution is 2.23. The summed E-state index contributed by atoms with van der Waals surface area (Å²) in [5.41, 5.74) is 0.107. The maximum absolute atomic E-state index is 11.8. The minimum Gasteiger partial charge on any atom is -0.507 e. The number of hydrogen-bond acceptors (Lipinski definition) is 3. The van der Waals surface area contributed by atoms with E-state index in [0.29, 0.717) is 12.4 Å². The second kappa shape index (κ2) is 5.90. The second-order valence-corrected chi connectivity index (χ2v) is 3.03. The molecular weight excluding hydrogens is 211 g/mol. The van der Waals surface area contributed by atoms with Gasteiger partial charge in [0.25, 0.3) is 0 Å². The Bertz CT molecular complexity index is 399. The van der Waals surface area contributed by atoms with E-state index in [0.717, 1.165) is 12.2 Å². The number of phenolic OH excluding ortho intramolecular Hbond substituents is 1. The van der Waals surface area contributed by atoms with E-state index < -0.39 is 12.5 Å². The topological polar surface area (TPSA) is 46.5 Å². The van der Waals surface area contributed by atoms with Crippen LogP contribution in [0.1, 0.15) is 17.3 Å². The van der Waals surface area contributed by atoms with Crippen molar-refractivity contribution in [2.45, 2.75) is 6.92 Å². The van der Waals surface area contributed by atoms with E-state index in [9.17, 15) is 14.3 Å². The molecule has 0 atom stereocenters. The number of halogens is 1. The Balaban J connectivity index is 2.97. The van der Waals surface area contributed by atoms with Crippen molar-refractivity contribution in [3.05, 3.63) is 35.9 Å². The minimum absolute atomic E-state index is 0.107. The standard InChI is InChI=1S/C12H13FO3/c1-2-16-9-5-6-12(15)10(8-9)11(14)4-3-7-13/h3-6,8,15H,2,7H2,1H3/b4-3+. The molecule has 1 rings (SSSR count). The van der Waals surface area contributed by atoms with Crippen molar-refractivity contribution < 1.29 is 19.0 Å². The first-order valence-electron chi connectivity index (χ1n) is 4.91. The highest BCUT2D eigenvalue weighted by Gasteiger charge is 2.09. The van der Waals surface area contributed by atoms with Crippen LogP contribution in [0.5, 0.6) is 11.5 Å². The van der Waals surface area contributed by atoms with Crippen LogP contribution in [-0.4, -0.2) is 24.2 Å². The molecule has 0 saturated heterocycles. The zero-order chi connectivity index (χ0) is 12.0. The van der Waals surface area contributed by atoms with Crippen molar-refractivity contribution in [2.75, 3.05) is 13.3 Å². The molecule has 0 saturated carbocycles. The lowest BCUT2D eigenvalue weighted by Gasteiger charge is -2.05. The van der Waals surface area contributed by atoms with Gasteiger partial charge in [-0.1, -0.05) is 0 Å². The number of phenols is 1. The minimum atomic E-state index is -0.711. The van der Waals surface area contributed by atoms with Crippen molar-refractivity contribution >= 4 is 5.78 Å². The first-order chi connectivity index (χ1) is 7.69. The summed E-state index contributed by atoms with van der Waals surface area (Å²) in [5, 5.41) is 9.47. The van der Waals surface area contributed by atoms with Crippen LogP contribution < -0.4 is 4.74 Å². The van der Waals surface area contributed by atoms with Crippen LogP contribution >= 0.6 is 0 Å². The van der Waals surface area contributed by atoms with Gasteiger partial charge in [0.2, 0.25) is 0 Å². The van der Waals surface area contributed by atoms with Gasteiger partial charge in [-0.15, -0.1) is 0 Å². The number of rotatable bonds is 5. The molecule has 4 heteroatoms. The van der Waals surface area contributed by atoms with E-state index in [-0.39, 0.29) is 11.3 Å². The Morgan fingerprint density at radius 2 is 2.31 bits per heavy atom. The fraction of sp³-hybridized carbons (Fsp3) is 0.250. The monoisotopic (exact) mass is 224 g/mol. The summed E-state index contributed by atoms with van der Waals surface area (Å²) in [4.78, 5) is 11.5. The van der Waals surface area contributed by atoms with Crippen LogP contribution in [0.2, 0.25) is 0 Å². The number of ketones is 1. The smallest absolute Gasteiger partial charge is 0.189 e. The van der Waals surface area contributed by atoms with E-state index in [1.807, 2.05) is 6.92 Å². The number of allylic oxidation sites excluding steroid dienone is 2. The highest BCUT2D eigenvalue weighted by atomic mass is 19.1. The first-order valence-corrected chi connectivity index (χ1v) is 4.91. The number of hydrogen-bond donors (Lipinski definition) is 1. The molecule has 0 aliphatic carbocycles. The van der Waals surface area contributed by atoms with Gasteiger partial charge in [0.15, 0.2) is 5.78 Å². The van der Waals surface area contributed by atoms with E-state index in [1.54, 1.807) is 6.07 Å². The molecule has 0 unspecified atom stereocenters. The normalized spacial score (nSPS) is 10.6. The van der Waals surface area contributed by atoms with E-state index in [1.165, 1.54) is 12.1 Å². The molecule has 0 aromatic heterocycles. The Hall–Kier alpha value is -1.84. The van der Waals surface area contributed by atoms with Crippen LogP contribution in [-0.2, 0) is 0 Å². The molecule has 0 aliphatic heterocycles. The molecule has 3 nitrogen and oxygen atoms in total. The van der Waals surface area contributed by atoms with Crippen LogP contribution in [0, 0.1) is 0 Å². The molecule has 86 valence electrons. The molecule has 1 N–H and O–H groups in total. The molecule has 0 fully saturated rings. The van der Waals surface area contributed by atoms with Gasteiger partial charge in [-0.25, -0.2) is 4.39 Å². The first kappa shape index (κ1) is 12.2. The third-order valence-electron chi connectivity index (χ3n) is 1.90. The van der Waals surface area contributed by atoms with E-state index in [4.69, 9.17) is 4.74 Å². The van der Waals surface area contributed by atoms with Gasteiger partial charge in [0.1, 0.15) is 18.2 Å². The lowest BCUT2D eigenvalue weighted by molar-refractivity contribution is 0.104. The van der Waals surface area contributed by atoms with E-state index >= 15 is 0 Å². The van der Waals surface area contributed by atoms with Crippen LogP contribution in [0.25, 0.3) is 0 Å². The molecule has 0 bridgehead atoms. The molecule has 1 aromatic carbocycles. The average molecular weight is 224 g/mol. The molecule has 0 radical (unpaired) electrons. The maximum atomic E-state index is 11.8. The summed E-state index contributed by atoms with van der Waals surface area (Å²) in [5.74, 6) is -0.0917. The third-order valence-corrected chi connectivity index (χ3v) is 1.90. The average Bonchev–Trinajstić information content (AvgIpc) is 2.29. The van der Waals surface area contributed by atoms with E-state index in [2.05, 4.69) is 0 Å². The van der Waals surface area contributed by atoms with Crippen molar-refractivity contribution in [2.24, 2.45) is 0 Å². The van der Waals surface area contributed by atoms with Gasteiger partial charge in [-0.05, 0) is 37.3 Å². The lowest BCUT2D eigenvalue weighted by atomic mass is 10.1. The Morgan fingerprint density at radius 3 is 2.94 bits per heavy atom. The quantitative estimate of drug-likeness (QED) is 0.617. The second-order valence-electron chi connectivity index (χ2n) is 3.03. The number of ether oxygens (including phenoxy) is 1. The summed E-state index contributed by atoms with van der Waals surface area (Å²) < 4.78 is 17.0. The van der Waals surface area contributed by atoms with Gasteiger partial charge in [-0.3, -0.25) is 4.79 Å². The highest BCUT2D eigenvalue weighted by molar-refractivity contribution is 6.06. The Labute approximate surface area is 93.2 Å². The predicted octanol–water partition coefficient (Wildman–Crippen LogP) is 2.50. The predicted molar refractivity (Wildman–Crippen MR) is 58.7 cm³/mol. The van der Waals surface area contributed by atoms with Gasteiger partial charge >= 0.3 is 0 Å². The summed E-state index contributed by atoms with van der Waals surface area (Å²) in [6.45, 7) is 1.58. The van der Waals surface area contributed by atoms with Crippen molar-refractivity contribution in [1.29, 1.82) is 0 Å². The fourth-order valence-corrected chi connectivity index (χ4v) is 1.21. The molecule has 16 heavy (non-hydrogen) atoms. The zero-order valence-electron chi connectivity index (χ0n) is 8.94. The number of carbonyl (C=O) groups is 1. The van der Waals surface area contributed by atoms with Gasteiger partial charge in [0, 0.05) is 0 Å². The van der Waals surface area contributed by atoms with Crippen LogP contribution in [0.3, 0.4) is 0 Å². The zero-order valence-corrected chi connectivity index (χ0v) is 8.94. The molecule has 0 spiro atoms. The van der Waals surface area contributed by atoms with Crippen molar-refractivity contribution in [3.8, 4) is 11.5 Å². The van der Waals surface area contributed by atoms with Gasteiger partial charge in [0.05, 0.1) is 12.2 Å². The lowest BCUT2D eigenvalue weighted by Crippen LogP contribution is -1.98. The molecule has 0 amide bonds. The largest absolute Gasteiger partial charge is 0.507 e. The van der Waals surface area contributed by atoms with Gasteiger partial charge in [-0.2, -0.15) is 0 Å². The third kappa shape index (κ3) is 3.08. The van der Waals surface area contributed by atoms with Crippen LogP contribution in [0.15, 0.2) is 30.4 Å². The van der Waals surface area contributed by atoms with Gasteiger partial charge < -0.3 is 9.84 Å². The van der Waals surface area contributed by atoms with Crippen molar-refractivity contribution in [1.82, 2.24) is 0 Å². The fourth-order valence-electron chi connectivity index (χ4n) is 1.21.